The van der Waals surface area contributed by atoms with Crippen molar-refractivity contribution in [1.82, 2.24) is 20.3 Å². The Hall–Kier alpha value is -0.910. The van der Waals surface area contributed by atoms with Crippen LogP contribution in [0.1, 0.15) is 18.9 Å². The summed E-state index contributed by atoms with van der Waals surface area (Å²) in [5, 5.41) is 12.1. The Morgan fingerprint density at radius 3 is 2.79 bits per heavy atom. The van der Waals surface area contributed by atoms with E-state index in [1.54, 1.807) is 4.68 Å². The van der Waals surface area contributed by atoms with Crippen molar-refractivity contribution in [2.24, 2.45) is 7.05 Å². The van der Waals surface area contributed by atoms with Gasteiger partial charge in [0.05, 0.1) is 0 Å². The quantitative estimate of drug-likeness (QED) is 0.846. The smallest absolute Gasteiger partial charge is 0.156 e. The van der Waals surface area contributed by atoms with E-state index >= 15 is 0 Å². The maximum absolute atomic E-state index is 6.32. The summed E-state index contributed by atoms with van der Waals surface area (Å²) in [7, 11) is 1.86. The van der Waals surface area contributed by atoms with Gasteiger partial charge in [-0.05, 0) is 40.5 Å². The molecule has 0 saturated heterocycles. The molecule has 0 spiro atoms. The molecular weight excluding hydrogens is 328 g/mol. The van der Waals surface area contributed by atoms with E-state index in [1.165, 1.54) is 0 Å². The van der Waals surface area contributed by atoms with Gasteiger partial charge in [-0.3, -0.25) is 0 Å². The molecule has 1 N–H and O–H groups in total. The van der Waals surface area contributed by atoms with Crippen molar-refractivity contribution in [1.29, 1.82) is 0 Å². The maximum Gasteiger partial charge on any atom is 0.156 e. The molecule has 0 unspecified atom stereocenters. The van der Waals surface area contributed by atoms with E-state index in [0.29, 0.717) is 0 Å². The van der Waals surface area contributed by atoms with Crippen LogP contribution >= 0.6 is 27.5 Å². The number of nitrogens with one attached hydrogen (secondary N) is 1. The lowest BCUT2D eigenvalue weighted by Crippen LogP contribution is -2.14. The molecule has 4 nitrogen and oxygen atoms in total. The normalized spacial score (nSPS) is 10.9. The first-order valence-corrected chi connectivity index (χ1v) is 7.35. The zero-order valence-corrected chi connectivity index (χ0v) is 13.3. The van der Waals surface area contributed by atoms with Gasteiger partial charge in [0.1, 0.15) is 5.69 Å². The summed E-state index contributed by atoms with van der Waals surface area (Å²) in [5.74, 6) is 0. The van der Waals surface area contributed by atoms with E-state index in [2.05, 4.69) is 38.5 Å². The monoisotopic (exact) mass is 342 g/mol. The molecule has 0 aliphatic carbocycles. The molecule has 1 aromatic heterocycles. The van der Waals surface area contributed by atoms with Crippen LogP contribution in [0.4, 0.5) is 0 Å². The van der Waals surface area contributed by atoms with E-state index in [-0.39, 0.29) is 0 Å². The van der Waals surface area contributed by atoms with Crippen LogP contribution in [0.15, 0.2) is 22.8 Å². The van der Waals surface area contributed by atoms with Crippen LogP contribution in [-0.2, 0) is 13.6 Å². The standard InChI is InChI=1S/C13H16BrClN4/c1-3-6-16-8-10-5-4-9(7-11(10)15)12-13(14)17-18-19(12)2/h4-5,7,16H,3,6,8H2,1-2H3. The van der Waals surface area contributed by atoms with Crippen LogP contribution in [0.2, 0.25) is 5.02 Å². The van der Waals surface area contributed by atoms with Crippen LogP contribution in [0.25, 0.3) is 11.3 Å². The van der Waals surface area contributed by atoms with Crippen molar-refractivity contribution in [3.63, 3.8) is 0 Å². The van der Waals surface area contributed by atoms with Gasteiger partial charge in [-0.15, -0.1) is 5.10 Å². The predicted molar refractivity (Wildman–Crippen MR) is 81.1 cm³/mol. The first-order chi connectivity index (χ1) is 9.13. The third-order valence-electron chi connectivity index (χ3n) is 2.85. The van der Waals surface area contributed by atoms with Gasteiger partial charge in [0.2, 0.25) is 0 Å². The average molecular weight is 344 g/mol. The summed E-state index contributed by atoms with van der Waals surface area (Å²) in [4.78, 5) is 0. The Morgan fingerprint density at radius 2 is 2.21 bits per heavy atom. The van der Waals surface area contributed by atoms with Crippen LogP contribution in [0, 0.1) is 0 Å². The fourth-order valence-corrected chi connectivity index (χ4v) is 2.68. The Morgan fingerprint density at radius 1 is 1.42 bits per heavy atom. The van der Waals surface area contributed by atoms with E-state index < -0.39 is 0 Å². The zero-order chi connectivity index (χ0) is 13.8. The number of hydrogen-bond donors (Lipinski definition) is 1. The van der Waals surface area contributed by atoms with Crippen molar-refractivity contribution in [2.45, 2.75) is 19.9 Å². The average Bonchev–Trinajstić information content (AvgIpc) is 2.71. The van der Waals surface area contributed by atoms with E-state index in [0.717, 1.165) is 46.0 Å². The summed E-state index contributed by atoms with van der Waals surface area (Å²) in [6.45, 7) is 3.93. The molecule has 0 aliphatic heterocycles. The molecule has 0 radical (unpaired) electrons. The van der Waals surface area contributed by atoms with Crippen LogP contribution < -0.4 is 5.32 Å². The molecule has 2 rings (SSSR count). The topological polar surface area (TPSA) is 42.7 Å². The van der Waals surface area contributed by atoms with Gasteiger partial charge < -0.3 is 5.32 Å². The minimum absolute atomic E-state index is 0.725. The highest BCUT2D eigenvalue weighted by Gasteiger charge is 2.12. The molecule has 0 amide bonds. The first kappa shape index (κ1) is 14.5. The second kappa shape index (κ2) is 6.50. The number of aromatic nitrogens is 3. The fourth-order valence-electron chi connectivity index (χ4n) is 1.88. The van der Waals surface area contributed by atoms with Gasteiger partial charge in [0, 0.05) is 24.2 Å². The minimum atomic E-state index is 0.725. The Labute approximate surface area is 126 Å². The molecule has 102 valence electrons. The van der Waals surface area contributed by atoms with Crippen LogP contribution in [0.3, 0.4) is 0 Å². The largest absolute Gasteiger partial charge is 0.313 e. The van der Waals surface area contributed by atoms with Crippen molar-refractivity contribution in [2.75, 3.05) is 6.54 Å². The third kappa shape index (κ3) is 3.35. The summed E-state index contributed by atoms with van der Waals surface area (Å²) in [5.41, 5.74) is 3.03. The highest BCUT2D eigenvalue weighted by molar-refractivity contribution is 9.10. The predicted octanol–water partition coefficient (Wildman–Crippen LogP) is 3.40. The van der Waals surface area contributed by atoms with Gasteiger partial charge in [0.15, 0.2) is 4.60 Å². The second-order valence-electron chi connectivity index (χ2n) is 4.34. The molecule has 0 bridgehead atoms. The summed E-state index contributed by atoms with van der Waals surface area (Å²) >= 11 is 9.72. The zero-order valence-electron chi connectivity index (χ0n) is 11.0. The molecule has 19 heavy (non-hydrogen) atoms. The molecule has 0 fully saturated rings. The molecule has 2 aromatic rings. The molecule has 0 saturated carbocycles. The van der Waals surface area contributed by atoms with Crippen LogP contribution in [-0.4, -0.2) is 21.5 Å². The van der Waals surface area contributed by atoms with E-state index in [9.17, 15) is 0 Å². The van der Waals surface area contributed by atoms with Crippen molar-refractivity contribution >= 4 is 27.5 Å². The number of benzene rings is 1. The van der Waals surface area contributed by atoms with Crippen molar-refractivity contribution in [3.05, 3.63) is 33.4 Å². The molecule has 1 aromatic carbocycles. The highest BCUT2D eigenvalue weighted by atomic mass is 79.9. The highest BCUT2D eigenvalue weighted by Crippen LogP contribution is 2.29. The number of halogens is 2. The first-order valence-electron chi connectivity index (χ1n) is 6.18. The van der Waals surface area contributed by atoms with Gasteiger partial charge in [-0.1, -0.05) is 35.9 Å². The Balaban J connectivity index is 2.24. The van der Waals surface area contributed by atoms with Gasteiger partial charge in [-0.2, -0.15) is 0 Å². The van der Waals surface area contributed by atoms with Gasteiger partial charge >= 0.3 is 0 Å². The number of nitrogens with zero attached hydrogens (tertiary/aromatic N) is 3. The number of aryl methyl sites for hydroxylation is 1. The Bertz CT molecular complexity index is 548. The van der Waals surface area contributed by atoms with E-state index in [4.69, 9.17) is 11.6 Å². The SMILES string of the molecule is CCCNCc1ccc(-c2c(Br)nnn2C)cc1Cl. The van der Waals surface area contributed by atoms with Gasteiger partial charge in [-0.25, -0.2) is 4.68 Å². The lowest BCUT2D eigenvalue weighted by atomic mass is 10.1. The summed E-state index contributed by atoms with van der Waals surface area (Å²) in [6.07, 6.45) is 1.11. The van der Waals surface area contributed by atoms with E-state index in [1.807, 2.05) is 25.2 Å². The maximum atomic E-state index is 6.32. The summed E-state index contributed by atoms with van der Waals surface area (Å²) in [6, 6.07) is 6.03. The molecule has 1 heterocycles. The van der Waals surface area contributed by atoms with Crippen molar-refractivity contribution in [3.8, 4) is 11.3 Å². The molecule has 0 atom stereocenters. The lowest BCUT2D eigenvalue weighted by molar-refractivity contribution is 0.675. The number of hydrogen-bond acceptors (Lipinski definition) is 3. The van der Waals surface area contributed by atoms with Crippen molar-refractivity contribution < 1.29 is 0 Å². The molecule has 6 heteroatoms. The third-order valence-corrected chi connectivity index (χ3v) is 3.74. The van der Waals surface area contributed by atoms with Gasteiger partial charge in [0.25, 0.3) is 0 Å². The number of rotatable bonds is 5. The second-order valence-corrected chi connectivity index (χ2v) is 5.49. The lowest BCUT2D eigenvalue weighted by Gasteiger charge is -2.08. The molecule has 0 aliphatic rings. The van der Waals surface area contributed by atoms with Crippen LogP contribution in [0.5, 0.6) is 0 Å². The molecular formula is C13H16BrClN4. The fraction of sp³-hybridized carbons (Fsp3) is 0.385. The Kier molecular flexibility index (Phi) is 4.96. The summed E-state index contributed by atoms with van der Waals surface area (Å²) < 4.78 is 2.45. The minimum Gasteiger partial charge on any atom is -0.313 e.